The Kier molecular flexibility index (Phi) is 3.37. The molecule has 0 spiro atoms. The van der Waals surface area contributed by atoms with Crippen LogP contribution in [0, 0.1) is 17.6 Å². The third kappa shape index (κ3) is 2.73. The van der Waals surface area contributed by atoms with E-state index in [4.69, 9.17) is 0 Å². The Morgan fingerprint density at radius 1 is 1.14 bits per heavy atom. The van der Waals surface area contributed by atoms with Crippen molar-refractivity contribution in [3.63, 3.8) is 0 Å². The highest BCUT2D eigenvalue weighted by Gasteiger charge is 2.42. The number of fused-ring (bicyclic) bond motifs is 1. The van der Waals surface area contributed by atoms with Crippen molar-refractivity contribution in [2.45, 2.75) is 37.8 Å². The average Bonchev–Trinajstić information content (AvgIpc) is 2.82. The monoisotopic (exact) mass is 304 g/mol. The molecule has 2 atom stereocenters. The number of hydrogen-bond donors (Lipinski definition) is 1. The summed E-state index contributed by atoms with van der Waals surface area (Å²) in [4.78, 5) is 6.79. The number of hydrogen-bond acceptors (Lipinski definition) is 1. The van der Waals surface area contributed by atoms with Gasteiger partial charge in [0, 0.05) is 12.0 Å². The van der Waals surface area contributed by atoms with Crippen molar-refractivity contribution in [3.8, 4) is 0 Å². The SMILES string of the molecule is Fc1cc(F)c2nc(C3CCCC(C(F)(F)F)C3)[nH]c2c1. The van der Waals surface area contributed by atoms with Crippen LogP contribution in [-0.2, 0) is 0 Å². The first kappa shape index (κ1) is 14.3. The molecule has 2 unspecified atom stereocenters. The second-order valence-electron chi connectivity index (χ2n) is 5.51. The second-order valence-corrected chi connectivity index (χ2v) is 5.51. The van der Waals surface area contributed by atoms with Gasteiger partial charge in [-0.2, -0.15) is 13.2 Å². The Hall–Kier alpha value is -1.66. The maximum Gasteiger partial charge on any atom is 0.391 e. The number of benzene rings is 1. The summed E-state index contributed by atoms with van der Waals surface area (Å²) < 4.78 is 65.2. The summed E-state index contributed by atoms with van der Waals surface area (Å²) in [5.41, 5.74) is 0.150. The maximum atomic E-state index is 13.6. The molecule has 1 N–H and O–H groups in total. The Bertz CT molecular complexity index is 661. The van der Waals surface area contributed by atoms with E-state index in [2.05, 4.69) is 9.97 Å². The van der Waals surface area contributed by atoms with Gasteiger partial charge in [0.15, 0.2) is 5.82 Å². The van der Waals surface area contributed by atoms with E-state index in [0.717, 1.165) is 6.07 Å². The number of aromatic nitrogens is 2. The van der Waals surface area contributed by atoms with Crippen LogP contribution in [0.25, 0.3) is 11.0 Å². The molecule has 1 aliphatic rings. The number of aromatic amines is 1. The summed E-state index contributed by atoms with van der Waals surface area (Å²) in [5.74, 6) is -3.00. The minimum Gasteiger partial charge on any atom is -0.342 e. The molecule has 3 rings (SSSR count). The van der Waals surface area contributed by atoms with E-state index < -0.39 is 29.6 Å². The van der Waals surface area contributed by atoms with Crippen LogP contribution in [0.3, 0.4) is 0 Å². The zero-order valence-corrected chi connectivity index (χ0v) is 11.0. The molecule has 0 aliphatic heterocycles. The standard InChI is InChI=1S/C14H13F5N2/c15-9-5-10(16)12-11(6-9)20-13(21-12)7-2-1-3-8(4-7)14(17,18)19/h5-8H,1-4H2,(H,20,21). The van der Waals surface area contributed by atoms with Crippen LogP contribution in [0.2, 0.25) is 0 Å². The van der Waals surface area contributed by atoms with E-state index in [1.165, 1.54) is 0 Å². The van der Waals surface area contributed by atoms with E-state index in [9.17, 15) is 22.0 Å². The summed E-state index contributed by atoms with van der Waals surface area (Å²) in [6.07, 6.45) is -3.15. The fourth-order valence-electron chi connectivity index (χ4n) is 2.99. The molecule has 1 aromatic heterocycles. The third-order valence-electron chi connectivity index (χ3n) is 4.05. The quantitative estimate of drug-likeness (QED) is 0.762. The smallest absolute Gasteiger partial charge is 0.342 e. The molecule has 21 heavy (non-hydrogen) atoms. The molecule has 1 heterocycles. The van der Waals surface area contributed by atoms with Crippen molar-refractivity contribution >= 4 is 11.0 Å². The highest BCUT2D eigenvalue weighted by Crippen LogP contribution is 2.43. The molecular formula is C14H13F5N2. The topological polar surface area (TPSA) is 28.7 Å². The lowest BCUT2D eigenvalue weighted by molar-refractivity contribution is -0.183. The molecule has 2 aromatic rings. The predicted octanol–water partition coefficient (Wildman–Crippen LogP) is 4.68. The van der Waals surface area contributed by atoms with Gasteiger partial charge in [0.05, 0.1) is 11.4 Å². The van der Waals surface area contributed by atoms with Crippen molar-refractivity contribution in [2.24, 2.45) is 5.92 Å². The lowest BCUT2D eigenvalue weighted by Crippen LogP contribution is -2.28. The number of alkyl halides is 3. The summed E-state index contributed by atoms with van der Waals surface area (Å²) in [6.45, 7) is 0. The van der Waals surface area contributed by atoms with Crippen LogP contribution < -0.4 is 0 Å². The Morgan fingerprint density at radius 3 is 2.62 bits per heavy atom. The molecule has 1 saturated carbocycles. The summed E-state index contributed by atoms with van der Waals surface area (Å²) in [6, 6.07) is 1.81. The first-order chi connectivity index (χ1) is 9.84. The maximum absolute atomic E-state index is 13.6. The second kappa shape index (κ2) is 4.96. The van der Waals surface area contributed by atoms with Gasteiger partial charge in [-0.1, -0.05) is 6.42 Å². The zero-order valence-electron chi connectivity index (χ0n) is 11.0. The van der Waals surface area contributed by atoms with Gasteiger partial charge in [0.1, 0.15) is 17.2 Å². The van der Waals surface area contributed by atoms with E-state index >= 15 is 0 Å². The average molecular weight is 304 g/mol. The van der Waals surface area contributed by atoms with Gasteiger partial charge < -0.3 is 4.98 Å². The largest absolute Gasteiger partial charge is 0.391 e. The third-order valence-corrected chi connectivity index (χ3v) is 4.05. The van der Waals surface area contributed by atoms with Crippen LogP contribution >= 0.6 is 0 Å². The number of nitrogens with one attached hydrogen (secondary N) is 1. The van der Waals surface area contributed by atoms with E-state index in [1.807, 2.05) is 0 Å². The number of imidazole rings is 1. The van der Waals surface area contributed by atoms with Crippen LogP contribution in [0.4, 0.5) is 22.0 Å². The number of halogens is 5. The molecule has 1 aromatic carbocycles. The van der Waals surface area contributed by atoms with Gasteiger partial charge >= 0.3 is 6.18 Å². The molecule has 114 valence electrons. The highest BCUT2D eigenvalue weighted by molar-refractivity contribution is 5.75. The fourth-order valence-corrected chi connectivity index (χ4v) is 2.99. The lowest BCUT2D eigenvalue weighted by atomic mass is 9.80. The predicted molar refractivity (Wildman–Crippen MR) is 66.8 cm³/mol. The Morgan fingerprint density at radius 2 is 1.90 bits per heavy atom. The summed E-state index contributed by atoms with van der Waals surface area (Å²) in [7, 11) is 0. The molecule has 0 bridgehead atoms. The van der Waals surface area contributed by atoms with Crippen molar-refractivity contribution in [2.75, 3.05) is 0 Å². The van der Waals surface area contributed by atoms with Crippen molar-refractivity contribution in [1.29, 1.82) is 0 Å². The molecule has 0 amide bonds. The normalized spacial score (nSPS) is 23.7. The molecule has 0 saturated heterocycles. The van der Waals surface area contributed by atoms with Gasteiger partial charge in [-0.05, 0) is 25.3 Å². The van der Waals surface area contributed by atoms with E-state index in [-0.39, 0.29) is 23.9 Å². The number of rotatable bonds is 1. The van der Waals surface area contributed by atoms with Crippen LogP contribution in [0.1, 0.15) is 37.4 Å². The highest BCUT2D eigenvalue weighted by atomic mass is 19.4. The van der Waals surface area contributed by atoms with Gasteiger partial charge in [0.2, 0.25) is 0 Å². The first-order valence-corrected chi connectivity index (χ1v) is 6.76. The van der Waals surface area contributed by atoms with Gasteiger partial charge in [-0.25, -0.2) is 13.8 Å². The minimum absolute atomic E-state index is 0.0273. The van der Waals surface area contributed by atoms with Crippen molar-refractivity contribution < 1.29 is 22.0 Å². The molecular weight excluding hydrogens is 291 g/mol. The van der Waals surface area contributed by atoms with Crippen molar-refractivity contribution in [1.82, 2.24) is 9.97 Å². The molecule has 1 fully saturated rings. The minimum atomic E-state index is -4.22. The summed E-state index contributed by atoms with van der Waals surface area (Å²) in [5, 5.41) is 0. The van der Waals surface area contributed by atoms with Gasteiger partial charge in [-0.3, -0.25) is 0 Å². The fraction of sp³-hybridized carbons (Fsp3) is 0.500. The Labute approximate surface area is 117 Å². The van der Waals surface area contributed by atoms with Gasteiger partial charge in [0.25, 0.3) is 0 Å². The number of H-pyrrole nitrogens is 1. The Balaban J connectivity index is 1.91. The van der Waals surface area contributed by atoms with Crippen molar-refractivity contribution in [3.05, 3.63) is 29.6 Å². The lowest BCUT2D eigenvalue weighted by Gasteiger charge is -2.29. The zero-order chi connectivity index (χ0) is 15.2. The number of nitrogens with zero attached hydrogens (tertiary/aromatic N) is 1. The van der Waals surface area contributed by atoms with E-state index in [1.54, 1.807) is 0 Å². The molecule has 0 radical (unpaired) electrons. The van der Waals surface area contributed by atoms with Gasteiger partial charge in [-0.15, -0.1) is 0 Å². The van der Waals surface area contributed by atoms with Crippen LogP contribution in [0.5, 0.6) is 0 Å². The summed E-state index contributed by atoms with van der Waals surface area (Å²) >= 11 is 0. The molecule has 2 nitrogen and oxygen atoms in total. The molecule has 7 heteroatoms. The van der Waals surface area contributed by atoms with Crippen LogP contribution in [0.15, 0.2) is 12.1 Å². The first-order valence-electron chi connectivity index (χ1n) is 6.76. The molecule has 1 aliphatic carbocycles. The van der Waals surface area contributed by atoms with Crippen LogP contribution in [-0.4, -0.2) is 16.1 Å². The van der Waals surface area contributed by atoms with E-state index in [0.29, 0.717) is 24.7 Å².